The van der Waals surface area contributed by atoms with E-state index in [0.717, 1.165) is 13.2 Å². The summed E-state index contributed by atoms with van der Waals surface area (Å²) < 4.78 is 7.83. The standard InChI is InChI=1S/C19H15GeNO/c22-16-21-20(17-10-4-1-5-11-17,18-12-6-2-7-13-18)19-14-8-3-9-15-19/h1-15H. The number of rotatable bonds is 4. The predicted octanol–water partition coefficient (Wildman–Crippen LogP) is 1.99. The van der Waals surface area contributed by atoms with Crippen molar-refractivity contribution < 1.29 is 4.79 Å². The number of isocyanates is 1. The van der Waals surface area contributed by atoms with Crippen molar-refractivity contribution in [1.82, 2.24) is 0 Å². The van der Waals surface area contributed by atoms with Gasteiger partial charge in [-0.15, -0.1) is 0 Å². The molecule has 0 fully saturated rings. The summed E-state index contributed by atoms with van der Waals surface area (Å²) in [6.45, 7) is 0. The molecule has 106 valence electrons. The molecule has 0 atom stereocenters. The Labute approximate surface area is 132 Å². The van der Waals surface area contributed by atoms with Crippen LogP contribution >= 0.6 is 0 Å². The van der Waals surface area contributed by atoms with Crippen LogP contribution in [0, 0.1) is 0 Å². The van der Waals surface area contributed by atoms with Gasteiger partial charge in [-0.05, 0) is 0 Å². The summed E-state index contributed by atoms with van der Waals surface area (Å²) in [4.78, 5) is 11.3. The van der Waals surface area contributed by atoms with Crippen molar-refractivity contribution in [3.8, 4) is 0 Å². The maximum atomic E-state index is 11.3. The van der Waals surface area contributed by atoms with Gasteiger partial charge in [0.1, 0.15) is 0 Å². The third kappa shape index (κ3) is 2.55. The Morgan fingerprint density at radius 3 is 1.18 bits per heavy atom. The number of hydrogen-bond acceptors (Lipinski definition) is 2. The van der Waals surface area contributed by atoms with Crippen LogP contribution in [0.3, 0.4) is 0 Å². The van der Waals surface area contributed by atoms with Gasteiger partial charge in [0.05, 0.1) is 0 Å². The number of hydrogen-bond donors (Lipinski definition) is 0. The molecule has 0 aromatic heterocycles. The molecule has 0 unspecified atom stereocenters. The Bertz CT molecular complexity index is 685. The minimum atomic E-state index is -3.37. The van der Waals surface area contributed by atoms with Gasteiger partial charge in [-0.2, -0.15) is 0 Å². The average molecular weight is 346 g/mol. The van der Waals surface area contributed by atoms with Crippen molar-refractivity contribution in [3.05, 3.63) is 91.0 Å². The van der Waals surface area contributed by atoms with E-state index in [4.69, 9.17) is 0 Å². The van der Waals surface area contributed by atoms with Crippen LogP contribution in [0.15, 0.2) is 94.9 Å². The molecule has 0 saturated carbocycles. The van der Waals surface area contributed by atoms with E-state index in [1.807, 2.05) is 60.7 Å². The second-order valence-electron chi connectivity index (χ2n) is 5.01. The summed E-state index contributed by atoms with van der Waals surface area (Å²) in [7, 11) is 0. The van der Waals surface area contributed by atoms with Crippen molar-refractivity contribution in [2.24, 2.45) is 3.95 Å². The average Bonchev–Trinajstić information content (AvgIpc) is 2.62. The molecule has 0 aliphatic carbocycles. The number of benzene rings is 3. The van der Waals surface area contributed by atoms with E-state index in [1.54, 1.807) is 0 Å². The zero-order valence-electron chi connectivity index (χ0n) is 12.0. The summed E-state index contributed by atoms with van der Waals surface area (Å²) in [6, 6.07) is 30.4. The summed E-state index contributed by atoms with van der Waals surface area (Å²) in [5.74, 6) is 0. The predicted molar refractivity (Wildman–Crippen MR) is 92.1 cm³/mol. The Morgan fingerprint density at radius 1 is 0.591 bits per heavy atom. The van der Waals surface area contributed by atoms with Crippen LogP contribution in [0.25, 0.3) is 0 Å². The van der Waals surface area contributed by atoms with Crippen LogP contribution in [0.4, 0.5) is 0 Å². The van der Waals surface area contributed by atoms with E-state index >= 15 is 0 Å². The first-order valence-corrected chi connectivity index (χ1v) is 11.2. The van der Waals surface area contributed by atoms with Crippen molar-refractivity contribution >= 4 is 32.8 Å². The van der Waals surface area contributed by atoms with Crippen LogP contribution in [-0.2, 0) is 4.79 Å². The molecule has 0 bridgehead atoms. The minimum absolute atomic E-state index is 1.13. The zero-order chi connectivity index (χ0) is 15.3. The molecule has 0 amide bonds. The molecule has 0 saturated heterocycles. The SMILES string of the molecule is O=C=[N][Ge]([c]1ccccc1)([c]1ccccc1)[c]1ccccc1. The molecule has 3 aromatic carbocycles. The quantitative estimate of drug-likeness (QED) is 0.404. The van der Waals surface area contributed by atoms with Gasteiger partial charge in [-0.1, -0.05) is 0 Å². The molecule has 22 heavy (non-hydrogen) atoms. The maximum absolute atomic E-state index is 11.3. The molecule has 0 heterocycles. The van der Waals surface area contributed by atoms with Gasteiger partial charge >= 0.3 is 132 Å². The summed E-state index contributed by atoms with van der Waals surface area (Å²) in [5, 5.41) is 0. The fraction of sp³-hybridized carbons (Fsp3) is 0. The first-order chi connectivity index (χ1) is 10.9. The monoisotopic (exact) mass is 347 g/mol. The van der Waals surface area contributed by atoms with Gasteiger partial charge in [-0.3, -0.25) is 0 Å². The summed E-state index contributed by atoms with van der Waals surface area (Å²) >= 11 is -3.37. The van der Waals surface area contributed by atoms with Crippen LogP contribution in [-0.4, -0.2) is 19.6 Å². The third-order valence-corrected chi connectivity index (χ3v) is 12.0. The molecular weight excluding hydrogens is 331 g/mol. The second-order valence-corrected chi connectivity index (χ2v) is 12.1. The van der Waals surface area contributed by atoms with Crippen molar-refractivity contribution in [2.75, 3.05) is 0 Å². The van der Waals surface area contributed by atoms with E-state index in [9.17, 15) is 4.79 Å². The fourth-order valence-corrected chi connectivity index (χ4v) is 10.2. The van der Waals surface area contributed by atoms with Crippen LogP contribution in [0.2, 0.25) is 0 Å². The molecule has 3 heteroatoms. The normalized spacial score (nSPS) is 10.7. The second kappa shape index (κ2) is 6.56. The Hall–Kier alpha value is -2.42. The first kappa shape index (κ1) is 14.5. The van der Waals surface area contributed by atoms with Crippen LogP contribution in [0.1, 0.15) is 0 Å². The molecule has 0 N–H and O–H groups in total. The van der Waals surface area contributed by atoms with Crippen LogP contribution < -0.4 is 13.2 Å². The molecule has 0 radical (unpaired) electrons. The Kier molecular flexibility index (Phi) is 4.33. The van der Waals surface area contributed by atoms with Gasteiger partial charge < -0.3 is 0 Å². The van der Waals surface area contributed by atoms with Gasteiger partial charge in [0.25, 0.3) is 0 Å². The van der Waals surface area contributed by atoms with Gasteiger partial charge in [0, 0.05) is 0 Å². The molecule has 2 nitrogen and oxygen atoms in total. The molecular formula is C19H15GeNO. The van der Waals surface area contributed by atoms with E-state index in [1.165, 1.54) is 0 Å². The van der Waals surface area contributed by atoms with E-state index < -0.39 is 13.5 Å². The number of carbonyl (C=O) groups excluding carboxylic acids is 1. The van der Waals surface area contributed by atoms with Gasteiger partial charge in [0.15, 0.2) is 0 Å². The summed E-state index contributed by atoms with van der Waals surface area (Å²) in [6.07, 6.45) is 1.86. The summed E-state index contributed by atoms with van der Waals surface area (Å²) in [5.41, 5.74) is 0. The Morgan fingerprint density at radius 2 is 0.909 bits per heavy atom. The van der Waals surface area contributed by atoms with Crippen molar-refractivity contribution in [2.45, 2.75) is 0 Å². The molecule has 0 spiro atoms. The fourth-order valence-electron chi connectivity index (χ4n) is 2.80. The van der Waals surface area contributed by atoms with Gasteiger partial charge in [0.2, 0.25) is 0 Å². The number of nitrogens with zero attached hydrogens (tertiary/aromatic N) is 1. The molecule has 0 aliphatic heterocycles. The molecule has 3 aromatic rings. The van der Waals surface area contributed by atoms with Crippen molar-refractivity contribution in [1.29, 1.82) is 0 Å². The Balaban J connectivity index is 2.37. The third-order valence-electron chi connectivity index (χ3n) is 3.79. The first-order valence-electron chi connectivity index (χ1n) is 7.13. The molecule has 0 aliphatic rings. The van der Waals surface area contributed by atoms with Gasteiger partial charge in [-0.25, -0.2) is 0 Å². The topological polar surface area (TPSA) is 29.4 Å². The van der Waals surface area contributed by atoms with Crippen molar-refractivity contribution in [3.63, 3.8) is 0 Å². The van der Waals surface area contributed by atoms with E-state index in [0.29, 0.717) is 0 Å². The molecule has 3 rings (SSSR count). The zero-order valence-corrected chi connectivity index (χ0v) is 14.1. The van der Waals surface area contributed by atoms with E-state index in [2.05, 4.69) is 40.3 Å². The van der Waals surface area contributed by atoms with E-state index in [-0.39, 0.29) is 0 Å². The van der Waals surface area contributed by atoms with Crippen LogP contribution in [0.5, 0.6) is 0 Å².